The summed E-state index contributed by atoms with van der Waals surface area (Å²) in [5.74, 6) is 1.39. The van der Waals surface area contributed by atoms with E-state index in [-0.39, 0.29) is 11.3 Å². The average Bonchev–Trinajstić information content (AvgIpc) is 2.86. The normalized spacial score (nSPS) is 17.9. The van der Waals surface area contributed by atoms with Gasteiger partial charge in [-0.15, -0.1) is 0 Å². The Hall–Kier alpha value is -1.43. The number of carbonyl (C=O) groups is 1. The highest BCUT2D eigenvalue weighted by Gasteiger charge is 2.38. The third-order valence-corrected chi connectivity index (χ3v) is 3.97. The summed E-state index contributed by atoms with van der Waals surface area (Å²) in [5.41, 5.74) is -0.187. The molecule has 0 radical (unpaired) electrons. The van der Waals surface area contributed by atoms with Crippen molar-refractivity contribution < 1.29 is 9.32 Å². The predicted molar refractivity (Wildman–Crippen MR) is 75.2 cm³/mol. The van der Waals surface area contributed by atoms with Crippen molar-refractivity contribution in [1.29, 1.82) is 0 Å². The number of hydrogen-bond acceptors (Lipinski definition) is 5. The fourth-order valence-electron chi connectivity index (χ4n) is 2.89. The molecule has 0 spiro atoms. The van der Waals surface area contributed by atoms with E-state index >= 15 is 0 Å². The zero-order chi connectivity index (χ0) is 14.4. The molecule has 1 fully saturated rings. The van der Waals surface area contributed by atoms with Gasteiger partial charge in [-0.2, -0.15) is 4.98 Å². The summed E-state index contributed by atoms with van der Waals surface area (Å²) in [7, 11) is 0. The highest BCUT2D eigenvalue weighted by Crippen LogP contribution is 2.34. The Morgan fingerprint density at radius 1 is 1.45 bits per heavy atom. The molecule has 1 aromatic heterocycles. The van der Waals surface area contributed by atoms with E-state index < -0.39 is 0 Å². The summed E-state index contributed by atoms with van der Waals surface area (Å²) >= 11 is 0. The van der Waals surface area contributed by atoms with Crippen molar-refractivity contribution in [1.82, 2.24) is 20.8 Å². The number of hydrogen-bond donors (Lipinski definition) is 2. The molecule has 0 saturated carbocycles. The molecular weight excluding hydrogens is 256 g/mol. The number of carbonyl (C=O) groups excluding carboxylic acids is 1. The van der Waals surface area contributed by atoms with Crippen LogP contribution in [0, 0.1) is 12.3 Å². The lowest BCUT2D eigenvalue weighted by molar-refractivity contribution is -0.133. The van der Waals surface area contributed by atoms with Gasteiger partial charge in [0.1, 0.15) is 0 Å². The van der Waals surface area contributed by atoms with E-state index in [0.717, 1.165) is 38.8 Å². The van der Waals surface area contributed by atoms with Crippen LogP contribution in [0.25, 0.3) is 0 Å². The fraction of sp³-hybridized carbons (Fsp3) is 0.786. The topological polar surface area (TPSA) is 80.1 Å². The zero-order valence-corrected chi connectivity index (χ0v) is 12.4. The SMILES string of the molecule is CCCC1(C(=O)NCCc2noc(C)n2)CCNCC1. The molecule has 112 valence electrons. The molecule has 1 saturated heterocycles. The molecule has 6 nitrogen and oxygen atoms in total. The van der Waals surface area contributed by atoms with Crippen LogP contribution < -0.4 is 10.6 Å². The lowest BCUT2D eigenvalue weighted by atomic mass is 9.74. The quantitative estimate of drug-likeness (QED) is 0.818. The highest BCUT2D eigenvalue weighted by molar-refractivity contribution is 5.82. The fourth-order valence-corrected chi connectivity index (χ4v) is 2.89. The van der Waals surface area contributed by atoms with Gasteiger partial charge in [0.15, 0.2) is 5.82 Å². The molecule has 1 aromatic rings. The molecular formula is C14H24N4O2. The molecule has 6 heteroatoms. The largest absolute Gasteiger partial charge is 0.355 e. The van der Waals surface area contributed by atoms with Gasteiger partial charge in [0.05, 0.1) is 5.41 Å². The van der Waals surface area contributed by atoms with E-state index in [0.29, 0.717) is 24.7 Å². The number of piperidine rings is 1. The van der Waals surface area contributed by atoms with Crippen LogP contribution in [0.1, 0.15) is 44.3 Å². The van der Waals surface area contributed by atoms with Crippen LogP contribution in [0.3, 0.4) is 0 Å². The van der Waals surface area contributed by atoms with Gasteiger partial charge in [-0.3, -0.25) is 4.79 Å². The van der Waals surface area contributed by atoms with Crippen molar-refractivity contribution in [2.75, 3.05) is 19.6 Å². The van der Waals surface area contributed by atoms with Gasteiger partial charge in [-0.05, 0) is 32.4 Å². The Morgan fingerprint density at radius 2 is 2.20 bits per heavy atom. The second-order valence-electron chi connectivity index (χ2n) is 5.52. The van der Waals surface area contributed by atoms with Crippen LogP contribution in [0.2, 0.25) is 0 Å². The molecule has 1 amide bonds. The van der Waals surface area contributed by atoms with Crippen LogP contribution in [0.4, 0.5) is 0 Å². The molecule has 20 heavy (non-hydrogen) atoms. The second kappa shape index (κ2) is 6.83. The number of nitrogens with one attached hydrogen (secondary N) is 2. The van der Waals surface area contributed by atoms with Crippen molar-refractivity contribution in [2.45, 2.75) is 46.0 Å². The van der Waals surface area contributed by atoms with Crippen molar-refractivity contribution in [3.05, 3.63) is 11.7 Å². The molecule has 1 aliphatic rings. The molecule has 0 unspecified atom stereocenters. The summed E-state index contributed by atoms with van der Waals surface area (Å²) in [4.78, 5) is 16.6. The zero-order valence-electron chi connectivity index (χ0n) is 12.4. The first kappa shape index (κ1) is 15.0. The number of amides is 1. The van der Waals surface area contributed by atoms with Crippen molar-refractivity contribution >= 4 is 5.91 Å². The first-order valence-corrected chi connectivity index (χ1v) is 7.44. The monoisotopic (exact) mass is 280 g/mol. The van der Waals surface area contributed by atoms with E-state index in [9.17, 15) is 4.79 Å². The molecule has 0 bridgehead atoms. The number of rotatable bonds is 6. The van der Waals surface area contributed by atoms with Crippen molar-refractivity contribution in [2.24, 2.45) is 5.41 Å². The Balaban J connectivity index is 1.85. The maximum atomic E-state index is 12.5. The van der Waals surface area contributed by atoms with Crippen LogP contribution in [-0.4, -0.2) is 35.7 Å². The summed E-state index contributed by atoms with van der Waals surface area (Å²) in [6.45, 7) is 6.32. The van der Waals surface area contributed by atoms with Gasteiger partial charge in [0, 0.05) is 19.9 Å². The van der Waals surface area contributed by atoms with E-state index in [1.807, 2.05) is 0 Å². The third kappa shape index (κ3) is 3.56. The lowest BCUT2D eigenvalue weighted by Gasteiger charge is -2.36. The third-order valence-electron chi connectivity index (χ3n) is 3.97. The Labute approximate surface area is 119 Å². The van der Waals surface area contributed by atoms with Gasteiger partial charge >= 0.3 is 0 Å². The molecule has 0 atom stereocenters. The van der Waals surface area contributed by atoms with Gasteiger partial charge in [0.25, 0.3) is 0 Å². The number of nitrogens with zero attached hydrogens (tertiary/aromatic N) is 2. The minimum Gasteiger partial charge on any atom is -0.355 e. The van der Waals surface area contributed by atoms with Crippen LogP contribution >= 0.6 is 0 Å². The Kier molecular flexibility index (Phi) is 5.11. The van der Waals surface area contributed by atoms with E-state index in [1.54, 1.807) is 6.92 Å². The summed E-state index contributed by atoms with van der Waals surface area (Å²) < 4.78 is 4.91. The molecule has 1 aliphatic heterocycles. The number of aryl methyl sites for hydroxylation is 1. The maximum Gasteiger partial charge on any atom is 0.226 e. The second-order valence-corrected chi connectivity index (χ2v) is 5.52. The molecule has 2 N–H and O–H groups in total. The van der Waals surface area contributed by atoms with Crippen LogP contribution in [0.15, 0.2) is 4.52 Å². The van der Waals surface area contributed by atoms with Crippen LogP contribution in [0.5, 0.6) is 0 Å². The van der Waals surface area contributed by atoms with E-state index in [1.165, 1.54) is 0 Å². The van der Waals surface area contributed by atoms with Gasteiger partial charge in [-0.25, -0.2) is 0 Å². The molecule has 2 rings (SSSR count). The highest BCUT2D eigenvalue weighted by atomic mass is 16.5. The summed E-state index contributed by atoms with van der Waals surface area (Å²) in [5, 5.41) is 10.2. The van der Waals surface area contributed by atoms with E-state index in [4.69, 9.17) is 4.52 Å². The standard InChI is InChI=1S/C14H24N4O2/c1-3-5-14(6-9-15-10-7-14)13(19)16-8-4-12-17-11(2)20-18-12/h15H,3-10H2,1-2H3,(H,16,19). The Morgan fingerprint density at radius 3 is 2.80 bits per heavy atom. The van der Waals surface area contributed by atoms with Crippen molar-refractivity contribution in [3.8, 4) is 0 Å². The summed E-state index contributed by atoms with van der Waals surface area (Å²) in [6, 6.07) is 0. The van der Waals surface area contributed by atoms with E-state index in [2.05, 4.69) is 27.7 Å². The number of aromatic nitrogens is 2. The van der Waals surface area contributed by atoms with Crippen molar-refractivity contribution in [3.63, 3.8) is 0 Å². The lowest BCUT2D eigenvalue weighted by Crippen LogP contribution is -2.48. The Bertz CT molecular complexity index is 433. The maximum absolute atomic E-state index is 12.5. The summed E-state index contributed by atoms with van der Waals surface area (Å²) in [6.07, 6.45) is 4.46. The smallest absolute Gasteiger partial charge is 0.226 e. The average molecular weight is 280 g/mol. The first-order valence-electron chi connectivity index (χ1n) is 7.44. The molecule has 0 aliphatic carbocycles. The van der Waals surface area contributed by atoms with Gasteiger partial charge in [-0.1, -0.05) is 18.5 Å². The minimum atomic E-state index is -0.187. The van der Waals surface area contributed by atoms with Gasteiger partial charge in [0.2, 0.25) is 11.8 Å². The molecule has 0 aromatic carbocycles. The van der Waals surface area contributed by atoms with Gasteiger partial charge < -0.3 is 15.2 Å². The molecule has 2 heterocycles. The minimum absolute atomic E-state index is 0.182. The van der Waals surface area contributed by atoms with Crippen LogP contribution in [-0.2, 0) is 11.2 Å². The first-order chi connectivity index (χ1) is 9.66. The predicted octanol–water partition coefficient (Wildman–Crippen LogP) is 1.21.